The highest BCUT2D eigenvalue weighted by Gasteiger charge is 2.20. The summed E-state index contributed by atoms with van der Waals surface area (Å²) < 4.78 is 24.1. The van der Waals surface area contributed by atoms with Crippen molar-refractivity contribution in [2.45, 2.75) is 20.0 Å². The number of halogens is 1. The Morgan fingerprint density at radius 3 is 2.57 bits per heavy atom. The van der Waals surface area contributed by atoms with Gasteiger partial charge in [0.15, 0.2) is 6.10 Å². The van der Waals surface area contributed by atoms with Crippen LogP contribution in [0.5, 0.6) is 0 Å². The van der Waals surface area contributed by atoms with E-state index in [4.69, 9.17) is 15.0 Å². The van der Waals surface area contributed by atoms with Crippen LogP contribution >= 0.6 is 0 Å². The lowest BCUT2D eigenvalue weighted by molar-refractivity contribution is 0.0265. The number of nitrogens with one attached hydrogen (secondary N) is 1. The zero-order chi connectivity index (χ0) is 20.3. The molecular weight excluding hydrogens is 367 g/mol. The Kier molecular flexibility index (Phi) is 5.35. The second-order valence-electron chi connectivity index (χ2n) is 6.03. The minimum atomic E-state index is -0.813. The molecule has 1 atom stereocenters. The van der Waals surface area contributed by atoms with Gasteiger partial charge in [0.1, 0.15) is 5.82 Å². The zero-order valence-electron chi connectivity index (χ0n) is 15.1. The lowest BCUT2D eigenvalue weighted by atomic mass is 10.1. The summed E-state index contributed by atoms with van der Waals surface area (Å²) in [6.45, 7) is 3.23. The SMILES string of the molecule is Cc1ccc(-c2noc(C(C)OC(=O)c3ccc(NC(N)=O)cc3)n2)cc1F. The van der Waals surface area contributed by atoms with E-state index in [1.807, 2.05) is 0 Å². The molecule has 1 aromatic heterocycles. The predicted molar refractivity (Wildman–Crippen MR) is 97.9 cm³/mol. The number of carbonyl (C=O) groups excluding carboxylic acids is 2. The number of rotatable bonds is 5. The maximum absolute atomic E-state index is 13.7. The van der Waals surface area contributed by atoms with Gasteiger partial charge in [0.05, 0.1) is 5.56 Å². The van der Waals surface area contributed by atoms with E-state index in [2.05, 4.69) is 15.5 Å². The number of anilines is 1. The van der Waals surface area contributed by atoms with Gasteiger partial charge in [0.2, 0.25) is 5.82 Å². The first kappa shape index (κ1) is 19.0. The highest BCUT2D eigenvalue weighted by molar-refractivity contribution is 5.91. The normalized spacial score (nSPS) is 11.7. The standard InChI is InChI=1S/C19H17FN4O4/c1-10-3-4-13(9-15(10)20)16-23-17(28-24-16)11(2)27-18(25)12-5-7-14(8-6-12)22-19(21)26/h3-9,11H,1-2H3,(H3,21,22,26). The molecule has 3 rings (SSSR count). The van der Waals surface area contributed by atoms with Crippen LogP contribution in [0, 0.1) is 12.7 Å². The van der Waals surface area contributed by atoms with Gasteiger partial charge >= 0.3 is 12.0 Å². The van der Waals surface area contributed by atoms with Crippen LogP contribution in [0.25, 0.3) is 11.4 Å². The van der Waals surface area contributed by atoms with Crippen molar-refractivity contribution >= 4 is 17.7 Å². The molecule has 0 fully saturated rings. The number of nitrogens with zero attached hydrogens (tertiary/aromatic N) is 2. The van der Waals surface area contributed by atoms with E-state index in [-0.39, 0.29) is 23.1 Å². The van der Waals surface area contributed by atoms with Gasteiger partial charge in [-0.2, -0.15) is 4.98 Å². The Balaban J connectivity index is 1.68. The van der Waals surface area contributed by atoms with Crippen molar-refractivity contribution in [1.82, 2.24) is 10.1 Å². The van der Waals surface area contributed by atoms with Crippen molar-refractivity contribution in [1.29, 1.82) is 0 Å². The van der Waals surface area contributed by atoms with E-state index in [1.165, 1.54) is 30.3 Å². The molecule has 3 N–H and O–H groups in total. The molecule has 0 spiro atoms. The average Bonchev–Trinajstić information content (AvgIpc) is 3.14. The summed E-state index contributed by atoms with van der Waals surface area (Å²) in [6, 6.07) is 9.88. The maximum Gasteiger partial charge on any atom is 0.338 e. The molecule has 0 saturated heterocycles. The molecule has 0 aliphatic rings. The third kappa shape index (κ3) is 4.32. The van der Waals surface area contributed by atoms with E-state index >= 15 is 0 Å². The van der Waals surface area contributed by atoms with Crippen LogP contribution in [0.2, 0.25) is 0 Å². The van der Waals surface area contributed by atoms with Crippen molar-refractivity contribution in [2.75, 3.05) is 5.32 Å². The topological polar surface area (TPSA) is 120 Å². The molecule has 2 amide bonds. The fourth-order valence-corrected chi connectivity index (χ4v) is 2.36. The van der Waals surface area contributed by atoms with Gasteiger partial charge in [-0.05, 0) is 49.7 Å². The summed E-state index contributed by atoms with van der Waals surface area (Å²) in [5.41, 5.74) is 6.70. The van der Waals surface area contributed by atoms with Crippen molar-refractivity contribution < 1.29 is 23.2 Å². The minimum Gasteiger partial charge on any atom is -0.449 e. The van der Waals surface area contributed by atoms with Gasteiger partial charge in [-0.15, -0.1) is 0 Å². The number of hydrogen-bond acceptors (Lipinski definition) is 6. The molecule has 1 heterocycles. The Bertz CT molecular complexity index is 1020. The van der Waals surface area contributed by atoms with E-state index in [0.29, 0.717) is 16.8 Å². The molecule has 0 radical (unpaired) electrons. The summed E-state index contributed by atoms with van der Waals surface area (Å²) in [5.74, 6) is -0.716. The number of carbonyl (C=O) groups is 2. The zero-order valence-corrected chi connectivity index (χ0v) is 15.1. The molecule has 144 valence electrons. The molecule has 0 aliphatic heterocycles. The lowest BCUT2D eigenvalue weighted by Crippen LogP contribution is -2.19. The van der Waals surface area contributed by atoms with Crippen LogP contribution < -0.4 is 11.1 Å². The number of urea groups is 1. The van der Waals surface area contributed by atoms with Gasteiger partial charge in [0, 0.05) is 11.3 Å². The van der Waals surface area contributed by atoms with Crippen molar-refractivity contribution in [3.8, 4) is 11.4 Å². The number of ether oxygens (including phenoxy) is 1. The van der Waals surface area contributed by atoms with E-state index in [1.54, 1.807) is 26.0 Å². The molecule has 0 aliphatic carbocycles. The molecule has 0 saturated carbocycles. The molecular formula is C19H17FN4O4. The van der Waals surface area contributed by atoms with Crippen LogP contribution in [-0.4, -0.2) is 22.1 Å². The Hall–Kier alpha value is -3.75. The number of aromatic nitrogens is 2. The fourth-order valence-electron chi connectivity index (χ4n) is 2.36. The Morgan fingerprint density at radius 1 is 1.21 bits per heavy atom. The first-order valence-electron chi connectivity index (χ1n) is 8.31. The van der Waals surface area contributed by atoms with Gasteiger partial charge in [0.25, 0.3) is 5.89 Å². The third-order valence-electron chi connectivity index (χ3n) is 3.89. The molecule has 8 nitrogen and oxygen atoms in total. The van der Waals surface area contributed by atoms with Crippen molar-refractivity contribution in [3.63, 3.8) is 0 Å². The predicted octanol–water partition coefficient (Wildman–Crippen LogP) is 3.59. The van der Waals surface area contributed by atoms with Crippen LogP contribution in [0.4, 0.5) is 14.9 Å². The molecule has 1 unspecified atom stereocenters. The quantitative estimate of drug-likeness (QED) is 0.649. The van der Waals surface area contributed by atoms with Crippen molar-refractivity contribution in [2.24, 2.45) is 5.73 Å². The number of amides is 2. The summed E-state index contributed by atoms with van der Waals surface area (Å²) in [4.78, 5) is 27.2. The van der Waals surface area contributed by atoms with Crippen LogP contribution in [0.1, 0.15) is 34.8 Å². The molecule has 0 bridgehead atoms. The largest absolute Gasteiger partial charge is 0.449 e. The monoisotopic (exact) mass is 384 g/mol. The average molecular weight is 384 g/mol. The number of aryl methyl sites for hydroxylation is 1. The number of hydrogen-bond donors (Lipinski definition) is 2. The number of primary amides is 1. The number of nitrogens with two attached hydrogens (primary N) is 1. The minimum absolute atomic E-state index is 0.0800. The van der Waals surface area contributed by atoms with Crippen molar-refractivity contribution in [3.05, 3.63) is 65.3 Å². The molecule has 28 heavy (non-hydrogen) atoms. The maximum atomic E-state index is 13.7. The highest BCUT2D eigenvalue weighted by Crippen LogP contribution is 2.23. The molecule has 2 aromatic carbocycles. The summed E-state index contributed by atoms with van der Waals surface area (Å²) in [6.07, 6.45) is -0.813. The van der Waals surface area contributed by atoms with E-state index in [0.717, 1.165) is 0 Å². The second-order valence-corrected chi connectivity index (χ2v) is 6.03. The van der Waals surface area contributed by atoms with Gasteiger partial charge in [-0.3, -0.25) is 0 Å². The van der Waals surface area contributed by atoms with Crippen LogP contribution in [-0.2, 0) is 4.74 Å². The molecule has 3 aromatic rings. The van der Waals surface area contributed by atoms with E-state index < -0.39 is 18.1 Å². The lowest BCUT2D eigenvalue weighted by Gasteiger charge is -2.09. The number of esters is 1. The number of benzene rings is 2. The Labute approximate surface area is 159 Å². The summed E-state index contributed by atoms with van der Waals surface area (Å²) in [5, 5.41) is 6.19. The fraction of sp³-hybridized carbons (Fsp3) is 0.158. The van der Waals surface area contributed by atoms with Gasteiger partial charge < -0.3 is 20.3 Å². The second kappa shape index (κ2) is 7.87. The highest BCUT2D eigenvalue weighted by atomic mass is 19.1. The Morgan fingerprint density at radius 2 is 1.93 bits per heavy atom. The first-order valence-corrected chi connectivity index (χ1v) is 8.31. The summed E-state index contributed by atoms with van der Waals surface area (Å²) >= 11 is 0. The van der Waals surface area contributed by atoms with Crippen LogP contribution in [0.15, 0.2) is 47.0 Å². The van der Waals surface area contributed by atoms with E-state index in [9.17, 15) is 14.0 Å². The molecule has 9 heteroatoms. The smallest absolute Gasteiger partial charge is 0.338 e. The summed E-state index contributed by atoms with van der Waals surface area (Å²) in [7, 11) is 0. The first-order chi connectivity index (χ1) is 13.3. The van der Waals surface area contributed by atoms with Gasteiger partial charge in [-0.25, -0.2) is 14.0 Å². The van der Waals surface area contributed by atoms with Crippen LogP contribution in [0.3, 0.4) is 0 Å². The van der Waals surface area contributed by atoms with Gasteiger partial charge in [-0.1, -0.05) is 17.3 Å². The third-order valence-corrected chi connectivity index (χ3v) is 3.89.